The van der Waals surface area contributed by atoms with Crippen molar-refractivity contribution in [2.24, 2.45) is 29.6 Å². The van der Waals surface area contributed by atoms with Gasteiger partial charge in [0.2, 0.25) is 0 Å². The molecule has 3 rings (SSSR count). The fourth-order valence-electron chi connectivity index (χ4n) is 8.00. The van der Waals surface area contributed by atoms with Gasteiger partial charge in [0.15, 0.2) is 0 Å². The number of aliphatic hydroxyl groups is 1. The van der Waals surface area contributed by atoms with Crippen molar-refractivity contribution in [3.05, 3.63) is 119 Å². The number of methoxy groups -OCH3 is 2. The van der Waals surface area contributed by atoms with Crippen LogP contribution in [-0.2, 0) is 81.3 Å². The maximum atomic E-state index is 12.5. The summed E-state index contributed by atoms with van der Waals surface area (Å²) in [5.74, 6) is -3.49. The van der Waals surface area contributed by atoms with Crippen LogP contribution in [0.3, 0.4) is 0 Å². The summed E-state index contributed by atoms with van der Waals surface area (Å²) in [6.07, 6.45) is -0.652. The first-order valence-corrected chi connectivity index (χ1v) is 26.3. The maximum absolute atomic E-state index is 12.5. The number of ether oxygens (including phenoxy) is 9. The molecule has 14 heteroatoms. The SMILES string of the molecule is C=C(C)CO[C@H]([C@H](COC[C@H](CC(=O)OC(C)(C)C)C(=O)OC)Cc1ccc(C)cc1)[C@H](C)OCc1ccccc1.COC(=O)[C@H](COC[C@H](Cc1ccc(C)cc1)[C@@H](OCC(C)C)[C@H](C)O)CC(=O)OC(C)(C)C. The third-order valence-corrected chi connectivity index (χ3v) is 11.6. The van der Waals surface area contributed by atoms with Gasteiger partial charge in [0.1, 0.15) is 11.2 Å². The Balaban J connectivity index is 0.000000523. The molecule has 0 aliphatic carbocycles. The summed E-state index contributed by atoms with van der Waals surface area (Å²) in [7, 11) is 2.59. The van der Waals surface area contributed by atoms with Crippen LogP contribution in [0.25, 0.3) is 0 Å². The molecule has 0 saturated carbocycles. The van der Waals surface area contributed by atoms with Crippen molar-refractivity contribution in [1.29, 1.82) is 0 Å². The first kappa shape index (κ1) is 66.2. The van der Waals surface area contributed by atoms with Gasteiger partial charge in [-0.3, -0.25) is 19.2 Å². The number of hydrogen-bond acceptors (Lipinski definition) is 14. The highest BCUT2D eigenvalue weighted by Crippen LogP contribution is 2.25. The Morgan fingerprint density at radius 2 is 0.987 bits per heavy atom. The topological polar surface area (TPSA) is 172 Å². The van der Waals surface area contributed by atoms with Crippen LogP contribution in [0.1, 0.15) is 117 Å². The van der Waals surface area contributed by atoms with Crippen LogP contribution >= 0.6 is 0 Å². The van der Waals surface area contributed by atoms with Gasteiger partial charge < -0.3 is 47.7 Å². The van der Waals surface area contributed by atoms with Gasteiger partial charge in [-0.1, -0.05) is 116 Å². The third-order valence-electron chi connectivity index (χ3n) is 11.6. The second-order valence-corrected chi connectivity index (χ2v) is 22.2. The lowest BCUT2D eigenvalue weighted by Crippen LogP contribution is -2.40. The lowest BCUT2D eigenvalue weighted by molar-refractivity contribution is -0.162. The molecular weight excluding hydrogens is 957 g/mol. The molecule has 8 atom stereocenters. The number of carbonyl (C=O) groups is 4. The number of rotatable bonds is 31. The average molecular weight is 1050 g/mol. The van der Waals surface area contributed by atoms with Gasteiger partial charge in [-0.05, 0) is 112 Å². The molecule has 0 saturated heterocycles. The fraction of sp³-hybridized carbons (Fsp3) is 0.607. The number of benzene rings is 3. The normalized spacial score (nSPS) is 14.9. The average Bonchev–Trinajstić information content (AvgIpc) is 3.32. The van der Waals surface area contributed by atoms with E-state index in [0.717, 1.165) is 22.3 Å². The van der Waals surface area contributed by atoms with Crippen LogP contribution in [0.15, 0.2) is 91.0 Å². The Hall–Kier alpha value is -4.96. The minimum Gasteiger partial charge on any atom is -0.469 e. The zero-order valence-corrected chi connectivity index (χ0v) is 47.9. The summed E-state index contributed by atoms with van der Waals surface area (Å²) >= 11 is 0. The van der Waals surface area contributed by atoms with Crippen LogP contribution in [0.4, 0.5) is 0 Å². The van der Waals surface area contributed by atoms with Crippen LogP contribution < -0.4 is 0 Å². The summed E-state index contributed by atoms with van der Waals surface area (Å²) < 4.78 is 51.4. The van der Waals surface area contributed by atoms with Gasteiger partial charge in [0.25, 0.3) is 0 Å². The van der Waals surface area contributed by atoms with Gasteiger partial charge in [-0.25, -0.2) is 0 Å². The van der Waals surface area contributed by atoms with Crippen molar-refractivity contribution >= 4 is 23.9 Å². The van der Waals surface area contributed by atoms with E-state index in [2.05, 4.69) is 63.7 Å². The molecule has 3 aromatic rings. The molecule has 14 nitrogen and oxygen atoms in total. The zero-order chi connectivity index (χ0) is 56.3. The second kappa shape index (κ2) is 33.9. The predicted octanol–water partition coefficient (Wildman–Crippen LogP) is 10.4. The van der Waals surface area contributed by atoms with E-state index in [1.165, 1.54) is 25.3 Å². The maximum Gasteiger partial charge on any atom is 0.311 e. The number of hydrogen-bond donors (Lipinski definition) is 1. The van der Waals surface area contributed by atoms with E-state index in [-0.39, 0.29) is 63.3 Å². The minimum atomic E-state index is -0.781. The molecule has 0 spiro atoms. The minimum absolute atomic E-state index is 0.00697. The molecule has 75 heavy (non-hydrogen) atoms. The number of aliphatic hydroxyl groups excluding tert-OH is 1. The van der Waals surface area contributed by atoms with Gasteiger partial charge in [0, 0.05) is 18.4 Å². The second-order valence-electron chi connectivity index (χ2n) is 22.2. The fourth-order valence-corrected chi connectivity index (χ4v) is 8.00. The first-order chi connectivity index (χ1) is 35.2. The van der Waals surface area contributed by atoms with Gasteiger partial charge in [0.05, 0.1) is 103 Å². The van der Waals surface area contributed by atoms with Crippen molar-refractivity contribution in [2.75, 3.05) is 53.9 Å². The largest absolute Gasteiger partial charge is 0.469 e. The Morgan fingerprint density at radius 3 is 1.36 bits per heavy atom. The van der Waals surface area contributed by atoms with Crippen molar-refractivity contribution in [3.8, 4) is 0 Å². The quantitative estimate of drug-likeness (QED) is 0.0367. The van der Waals surface area contributed by atoms with E-state index in [4.69, 9.17) is 42.6 Å². The predicted molar refractivity (Wildman–Crippen MR) is 292 cm³/mol. The van der Waals surface area contributed by atoms with E-state index in [0.29, 0.717) is 38.6 Å². The molecule has 0 bridgehead atoms. The molecule has 0 aromatic heterocycles. The highest BCUT2D eigenvalue weighted by molar-refractivity contribution is 5.80. The first-order valence-electron chi connectivity index (χ1n) is 26.3. The van der Waals surface area contributed by atoms with E-state index < -0.39 is 59.1 Å². The molecule has 0 aliphatic rings. The third kappa shape index (κ3) is 28.7. The molecule has 0 heterocycles. The lowest BCUT2D eigenvalue weighted by atomic mass is 9.91. The Labute approximate surface area is 449 Å². The summed E-state index contributed by atoms with van der Waals surface area (Å²) in [4.78, 5) is 49.5. The molecule has 0 amide bonds. The summed E-state index contributed by atoms with van der Waals surface area (Å²) in [5.41, 5.74) is 5.29. The van der Waals surface area contributed by atoms with E-state index in [9.17, 15) is 24.3 Å². The van der Waals surface area contributed by atoms with E-state index >= 15 is 0 Å². The van der Waals surface area contributed by atoms with Crippen molar-refractivity contribution < 1.29 is 66.9 Å². The van der Waals surface area contributed by atoms with E-state index in [1.54, 1.807) is 48.5 Å². The monoisotopic (exact) mass is 1050 g/mol. The molecule has 0 radical (unpaired) electrons. The van der Waals surface area contributed by atoms with Crippen molar-refractivity contribution in [2.45, 2.75) is 158 Å². The lowest BCUT2D eigenvalue weighted by Gasteiger charge is -2.32. The molecule has 0 fully saturated rings. The molecule has 1 N–H and O–H groups in total. The highest BCUT2D eigenvalue weighted by Gasteiger charge is 2.33. The van der Waals surface area contributed by atoms with Crippen LogP contribution in [0.2, 0.25) is 0 Å². The van der Waals surface area contributed by atoms with Gasteiger partial charge in [-0.15, -0.1) is 0 Å². The molecule has 0 unspecified atom stereocenters. The molecular formula is C61H92O14. The standard InChI is InChI=1S/C34H48O7.C27H44O7/c1-24(2)20-40-32(26(4)39-21-28-12-10-9-11-13-28)29(18-27-16-14-25(3)15-17-27)22-38-23-30(33(36)37-8)19-31(35)41-34(5,6)7;1-18(2)15-33-25(20(4)28)22(13-21-11-9-19(3)10-12-21)16-32-17-23(26(30)31-8)14-24(29)34-27(5,6)7/h9-17,26,29-30,32H,1,18-23H2,2-8H3;9-12,18,20,22-23,25,28H,13-17H2,1-8H3/t26-,29-,30-,32-;20-,22-,23-,25-/m00/s1. The smallest absolute Gasteiger partial charge is 0.311 e. The number of carbonyl (C=O) groups excluding carboxylic acids is 4. The zero-order valence-electron chi connectivity index (χ0n) is 47.9. The Bertz CT molecular complexity index is 2100. The van der Waals surface area contributed by atoms with Gasteiger partial charge in [-0.2, -0.15) is 0 Å². The summed E-state index contributed by atoms with van der Waals surface area (Å²) in [5, 5.41) is 10.5. The molecule has 0 aliphatic heterocycles. The highest BCUT2D eigenvalue weighted by atomic mass is 16.6. The Morgan fingerprint density at radius 1 is 0.560 bits per heavy atom. The van der Waals surface area contributed by atoms with Crippen molar-refractivity contribution in [1.82, 2.24) is 0 Å². The number of esters is 4. The van der Waals surface area contributed by atoms with Crippen LogP contribution in [0, 0.1) is 43.4 Å². The van der Waals surface area contributed by atoms with Crippen LogP contribution in [-0.4, -0.2) is 118 Å². The van der Waals surface area contributed by atoms with Gasteiger partial charge >= 0.3 is 23.9 Å². The van der Waals surface area contributed by atoms with E-state index in [1.807, 2.05) is 63.2 Å². The summed E-state index contributed by atoms with van der Waals surface area (Å²) in [6.45, 7) is 30.5. The summed E-state index contributed by atoms with van der Waals surface area (Å²) in [6, 6.07) is 26.6. The molecule has 420 valence electrons. The number of aryl methyl sites for hydroxylation is 2. The molecule has 3 aromatic carbocycles. The van der Waals surface area contributed by atoms with Crippen LogP contribution in [0.5, 0.6) is 0 Å². The Kier molecular flexibility index (Phi) is 29.9. The van der Waals surface area contributed by atoms with Crippen molar-refractivity contribution in [3.63, 3.8) is 0 Å².